The van der Waals surface area contributed by atoms with Gasteiger partial charge in [-0.1, -0.05) is 12.1 Å². The van der Waals surface area contributed by atoms with Crippen molar-refractivity contribution in [3.8, 4) is 5.75 Å². The van der Waals surface area contributed by atoms with Crippen molar-refractivity contribution in [2.24, 2.45) is 0 Å². The molecule has 1 fully saturated rings. The minimum absolute atomic E-state index is 0.0407. The molecular formula is C14H18ClNO2. The SMILES string of the molecule is CC(C)Oc1ccc(CN2CC(Cl)CC2=O)cc1. The number of amides is 1. The Kier molecular flexibility index (Phi) is 4.12. The molecule has 0 N–H and O–H groups in total. The van der Waals surface area contributed by atoms with Gasteiger partial charge < -0.3 is 9.64 Å². The van der Waals surface area contributed by atoms with Crippen LogP contribution in [0.25, 0.3) is 0 Å². The van der Waals surface area contributed by atoms with Crippen LogP contribution in [0.1, 0.15) is 25.8 Å². The molecule has 0 aromatic heterocycles. The second-order valence-corrected chi connectivity index (χ2v) is 5.50. The van der Waals surface area contributed by atoms with Gasteiger partial charge in [0.2, 0.25) is 5.91 Å². The summed E-state index contributed by atoms with van der Waals surface area (Å²) in [6.45, 7) is 5.27. The average molecular weight is 268 g/mol. The van der Waals surface area contributed by atoms with Gasteiger partial charge in [-0.05, 0) is 31.5 Å². The van der Waals surface area contributed by atoms with Crippen molar-refractivity contribution < 1.29 is 9.53 Å². The second-order valence-electron chi connectivity index (χ2n) is 4.89. The Balaban J connectivity index is 1.96. The van der Waals surface area contributed by atoms with Gasteiger partial charge in [0.15, 0.2) is 0 Å². The fraction of sp³-hybridized carbons (Fsp3) is 0.500. The van der Waals surface area contributed by atoms with Crippen LogP contribution in [-0.2, 0) is 11.3 Å². The van der Waals surface area contributed by atoms with Crippen molar-refractivity contribution in [1.82, 2.24) is 4.90 Å². The van der Waals surface area contributed by atoms with Gasteiger partial charge in [-0.2, -0.15) is 0 Å². The number of alkyl halides is 1. The third-order valence-corrected chi connectivity index (χ3v) is 3.13. The highest BCUT2D eigenvalue weighted by molar-refractivity contribution is 6.22. The van der Waals surface area contributed by atoms with E-state index in [0.717, 1.165) is 11.3 Å². The summed E-state index contributed by atoms with van der Waals surface area (Å²) in [5.74, 6) is 0.995. The third-order valence-electron chi connectivity index (χ3n) is 2.84. The van der Waals surface area contributed by atoms with E-state index in [1.54, 1.807) is 4.90 Å². The highest BCUT2D eigenvalue weighted by Gasteiger charge is 2.27. The van der Waals surface area contributed by atoms with Crippen LogP contribution in [0.2, 0.25) is 0 Å². The molecule has 2 rings (SSSR count). The van der Waals surface area contributed by atoms with Crippen molar-refractivity contribution in [2.45, 2.75) is 38.3 Å². The van der Waals surface area contributed by atoms with Crippen molar-refractivity contribution >= 4 is 17.5 Å². The lowest BCUT2D eigenvalue weighted by molar-refractivity contribution is -0.128. The van der Waals surface area contributed by atoms with Crippen LogP contribution in [-0.4, -0.2) is 28.8 Å². The molecular weight excluding hydrogens is 250 g/mol. The van der Waals surface area contributed by atoms with E-state index in [1.807, 2.05) is 38.1 Å². The van der Waals surface area contributed by atoms with Gasteiger partial charge in [0.25, 0.3) is 0 Å². The van der Waals surface area contributed by atoms with Crippen LogP contribution in [0.3, 0.4) is 0 Å². The lowest BCUT2D eigenvalue weighted by Gasteiger charge is -2.16. The topological polar surface area (TPSA) is 29.5 Å². The van der Waals surface area contributed by atoms with E-state index in [-0.39, 0.29) is 17.4 Å². The molecule has 1 aliphatic heterocycles. The van der Waals surface area contributed by atoms with E-state index in [1.165, 1.54) is 0 Å². The summed E-state index contributed by atoms with van der Waals surface area (Å²) in [6.07, 6.45) is 0.629. The number of hydrogen-bond acceptors (Lipinski definition) is 2. The first-order chi connectivity index (χ1) is 8.54. The average Bonchev–Trinajstić information content (AvgIpc) is 2.59. The number of hydrogen-bond donors (Lipinski definition) is 0. The van der Waals surface area contributed by atoms with Crippen LogP contribution in [0.4, 0.5) is 0 Å². The maximum Gasteiger partial charge on any atom is 0.224 e. The van der Waals surface area contributed by atoms with Gasteiger partial charge in [-0.3, -0.25) is 4.79 Å². The van der Waals surface area contributed by atoms with Crippen LogP contribution in [0, 0.1) is 0 Å². The van der Waals surface area contributed by atoms with Gasteiger partial charge in [0.1, 0.15) is 5.75 Å². The highest BCUT2D eigenvalue weighted by atomic mass is 35.5. The molecule has 0 radical (unpaired) electrons. The van der Waals surface area contributed by atoms with Crippen molar-refractivity contribution in [2.75, 3.05) is 6.54 Å². The van der Waals surface area contributed by atoms with Gasteiger partial charge in [0.05, 0.1) is 11.5 Å². The van der Waals surface area contributed by atoms with E-state index >= 15 is 0 Å². The fourth-order valence-corrected chi connectivity index (χ4v) is 2.34. The molecule has 1 saturated heterocycles. The first-order valence-corrected chi connectivity index (χ1v) is 6.65. The first kappa shape index (κ1) is 13.2. The Hall–Kier alpha value is -1.22. The van der Waals surface area contributed by atoms with Gasteiger partial charge in [-0.25, -0.2) is 0 Å². The number of nitrogens with zero attached hydrogens (tertiary/aromatic N) is 1. The van der Waals surface area contributed by atoms with Crippen LogP contribution in [0.15, 0.2) is 24.3 Å². The number of likely N-dealkylation sites (tertiary alicyclic amines) is 1. The lowest BCUT2D eigenvalue weighted by atomic mass is 10.2. The predicted octanol–water partition coefficient (Wildman–Crippen LogP) is 2.81. The quantitative estimate of drug-likeness (QED) is 0.785. The number of ether oxygens (including phenoxy) is 1. The molecule has 1 unspecified atom stereocenters. The number of carbonyl (C=O) groups is 1. The number of rotatable bonds is 4. The molecule has 0 bridgehead atoms. The Morgan fingerprint density at radius 3 is 2.56 bits per heavy atom. The van der Waals surface area contributed by atoms with Gasteiger partial charge in [-0.15, -0.1) is 11.6 Å². The lowest BCUT2D eigenvalue weighted by Crippen LogP contribution is -2.24. The Morgan fingerprint density at radius 1 is 1.39 bits per heavy atom. The number of benzene rings is 1. The molecule has 0 saturated carbocycles. The van der Waals surface area contributed by atoms with Crippen LogP contribution >= 0.6 is 11.6 Å². The molecule has 0 spiro atoms. The molecule has 3 nitrogen and oxygen atoms in total. The zero-order chi connectivity index (χ0) is 13.1. The smallest absolute Gasteiger partial charge is 0.224 e. The van der Waals surface area contributed by atoms with Gasteiger partial charge >= 0.3 is 0 Å². The molecule has 18 heavy (non-hydrogen) atoms. The largest absolute Gasteiger partial charge is 0.491 e. The summed E-state index contributed by atoms with van der Waals surface area (Å²) in [4.78, 5) is 13.4. The first-order valence-electron chi connectivity index (χ1n) is 6.22. The summed E-state index contributed by atoms with van der Waals surface area (Å²) in [6, 6.07) is 7.86. The minimum Gasteiger partial charge on any atom is -0.491 e. The zero-order valence-corrected chi connectivity index (χ0v) is 11.5. The molecule has 1 aromatic rings. The van der Waals surface area contributed by atoms with Crippen molar-refractivity contribution in [1.29, 1.82) is 0 Å². The number of halogens is 1. The standard InChI is InChI=1S/C14H18ClNO2/c1-10(2)18-13-5-3-11(4-6-13)8-16-9-12(15)7-14(16)17/h3-6,10,12H,7-9H2,1-2H3. The Bertz CT molecular complexity index is 416. The molecule has 0 aliphatic carbocycles. The predicted molar refractivity (Wildman–Crippen MR) is 71.9 cm³/mol. The summed E-state index contributed by atoms with van der Waals surface area (Å²) in [7, 11) is 0. The Labute approximate surface area is 113 Å². The summed E-state index contributed by atoms with van der Waals surface area (Å²) in [5, 5.41) is -0.0407. The summed E-state index contributed by atoms with van der Waals surface area (Å²) < 4.78 is 5.58. The van der Waals surface area contributed by atoms with Crippen molar-refractivity contribution in [3.63, 3.8) is 0 Å². The molecule has 4 heteroatoms. The van der Waals surface area contributed by atoms with E-state index in [0.29, 0.717) is 19.5 Å². The molecule has 1 amide bonds. The van der Waals surface area contributed by atoms with E-state index in [9.17, 15) is 4.79 Å². The third kappa shape index (κ3) is 3.39. The van der Waals surface area contributed by atoms with E-state index in [2.05, 4.69) is 0 Å². The Morgan fingerprint density at radius 2 is 2.06 bits per heavy atom. The highest BCUT2D eigenvalue weighted by Crippen LogP contribution is 2.20. The van der Waals surface area contributed by atoms with Crippen molar-refractivity contribution in [3.05, 3.63) is 29.8 Å². The molecule has 1 aliphatic rings. The second kappa shape index (κ2) is 5.61. The minimum atomic E-state index is -0.0407. The van der Waals surface area contributed by atoms with Gasteiger partial charge in [0, 0.05) is 19.5 Å². The molecule has 98 valence electrons. The normalized spacial score (nSPS) is 19.7. The number of carbonyl (C=O) groups excluding carboxylic acids is 1. The molecule has 1 heterocycles. The maximum absolute atomic E-state index is 11.6. The van der Waals surface area contributed by atoms with Crippen LogP contribution in [0.5, 0.6) is 5.75 Å². The zero-order valence-electron chi connectivity index (χ0n) is 10.7. The fourth-order valence-electron chi connectivity index (χ4n) is 2.04. The summed E-state index contributed by atoms with van der Waals surface area (Å²) >= 11 is 5.97. The molecule has 1 atom stereocenters. The monoisotopic (exact) mass is 267 g/mol. The van der Waals surface area contributed by atoms with Crippen LogP contribution < -0.4 is 4.74 Å². The van der Waals surface area contributed by atoms with E-state index < -0.39 is 0 Å². The van der Waals surface area contributed by atoms with E-state index in [4.69, 9.17) is 16.3 Å². The maximum atomic E-state index is 11.6. The summed E-state index contributed by atoms with van der Waals surface area (Å²) in [5.41, 5.74) is 1.10. The molecule has 1 aromatic carbocycles.